The Balaban J connectivity index is 2.95. The van der Waals surface area contributed by atoms with Crippen LogP contribution in [0.1, 0.15) is 13.8 Å². The molecule has 1 rings (SSSR count). The largest absolute Gasteiger partial charge is 0.372 e. The summed E-state index contributed by atoms with van der Waals surface area (Å²) in [6, 6.07) is 1.98. The summed E-state index contributed by atoms with van der Waals surface area (Å²) in [4.78, 5) is 6.55. The highest BCUT2D eigenvalue weighted by molar-refractivity contribution is 6.37. The molecule has 1 aromatic rings. The molecule has 4 nitrogen and oxygen atoms in total. The molecule has 108 valence electrons. The van der Waals surface area contributed by atoms with Crippen LogP contribution in [-0.2, 0) is 0 Å². The van der Waals surface area contributed by atoms with Crippen LogP contribution in [0, 0.1) is 5.92 Å². The van der Waals surface area contributed by atoms with Gasteiger partial charge in [-0.05, 0) is 26.1 Å². The lowest BCUT2D eigenvalue weighted by atomic mass is 10.0. The molecular weight excluding hydrogens is 283 g/mol. The zero-order valence-electron chi connectivity index (χ0n) is 12.1. The third kappa shape index (κ3) is 4.71. The van der Waals surface area contributed by atoms with Crippen LogP contribution in [-0.4, -0.2) is 43.6 Å². The van der Waals surface area contributed by atoms with Crippen molar-refractivity contribution in [3.63, 3.8) is 0 Å². The van der Waals surface area contributed by atoms with Crippen molar-refractivity contribution >= 4 is 34.8 Å². The number of nitrogens with one attached hydrogen (secondary N) is 2. The third-order valence-electron chi connectivity index (χ3n) is 2.85. The van der Waals surface area contributed by atoms with Crippen LogP contribution in [0.2, 0.25) is 10.0 Å². The molecule has 19 heavy (non-hydrogen) atoms. The van der Waals surface area contributed by atoms with Gasteiger partial charge in [0.05, 0.1) is 10.0 Å². The molecule has 1 atom stereocenters. The minimum Gasteiger partial charge on any atom is -0.372 e. The molecule has 0 saturated carbocycles. The number of nitrogens with zero attached hydrogens (tertiary/aromatic N) is 2. The smallest absolute Gasteiger partial charge is 0.147 e. The second-order valence-corrected chi connectivity index (χ2v) is 5.97. The number of hydrogen-bond acceptors (Lipinski definition) is 4. The molecule has 0 aliphatic carbocycles. The molecule has 2 N–H and O–H groups in total. The fraction of sp³-hybridized carbons (Fsp3) is 0.615. The van der Waals surface area contributed by atoms with Crippen molar-refractivity contribution in [3.05, 3.63) is 16.1 Å². The predicted molar refractivity (Wildman–Crippen MR) is 84.6 cm³/mol. The molecule has 0 aliphatic heterocycles. The van der Waals surface area contributed by atoms with Crippen LogP contribution >= 0.6 is 23.2 Å². The summed E-state index contributed by atoms with van der Waals surface area (Å²) in [5.74, 6) is 1.76. The van der Waals surface area contributed by atoms with E-state index in [0.29, 0.717) is 27.6 Å². The molecule has 1 heterocycles. The van der Waals surface area contributed by atoms with E-state index in [0.717, 1.165) is 6.54 Å². The average molecular weight is 305 g/mol. The normalized spacial score (nSPS) is 12.9. The highest BCUT2D eigenvalue weighted by atomic mass is 35.5. The Morgan fingerprint density at radius 3 is 2.26 bits per heavy atom. The van der Waals surface area contributed by atoms with Crippen molar-refractivity contribution in [1.29, 1.82) is 0 Å². The summed E-state index contributed by atoms with van der Waals surface area (Å²) in [5.41, 5.74) is 0. The van der Waals surface area contributed by atoms with E-state index in [1.807, 2.05) is 14.1 Å². The van der Waals surface area contributed by atoms with Crippen LogP contribution in [0.3, 0.4) is 0 Å². The summed E-state index contributed by atoms with van der Waals surface area (Å²) in [6.07, 6.45) is 0. The maximum absolute atomic E-state index is 6.19. The number of halogens is 2. The maximum Gasteiger partial charge on any atom is 0.147 e. The molecule has 0 radical (unpaired) electrons. The quantitative estimate of drug-likeness (QED) is 0.845. The van der Waals surface area contributed by atoms with E-state index < -0.39 is 0 Å². The maximum atomic E-state index is 6.19. The average Bonchev–Trinajstić information content (AvgIpc) is 2.30. The van der Waals surface area contributed by atoms with Gasteiger partial charge in [0.2, 0.25) is 0 Å². The highest BCUT2D eigenvalue weighted by Crippen LogP contribution is 2.29. The second-order valence-electron chi connectivity index (χ2n) is 5.16. The molecule has 0 amide bonds. The van der Waals surface area contributed by atoms with Crippen LogP contribution in [0.15, 0.2) is 6.07 Å². The second kappa shape index (κ2) is 7.17. The van der Waals surface area contributed by atoms with Gasteiger partial charge in [0.1, 0.15) is 11.6 Å². The molecule has 0 saturated heterocycles. The van der Waals surface area contributed by atoms with E-state index in [1.165, 1.54) is 0 Å². The van der Waals surface area contributed by atoms with Crippen molar-refractivity contribution in [3.8, 4) is 0 Å². The van der Waals surface area contributed by atoms with Gasteiger partial charge in [0.15, 0.2) is 0 Å². The fourth-order valence-corrected chi connectivity index (χ4v) is 2.24. The van der Waals surface area contributed by atoms with Crippen LogP contribution < -0.4 is 10.6 Å². The first-order chi connectivity index (χ1) is 8.85. The Hall–Kier alpha value is -0.710. The van der Waals surface area contributed by atoms with Gasteiger partial charge in [-0.3, -0.25) is 0 Å². The lowest BCUT2D eigenvalue weighted by Gasteiger charge is -2.26. The van der Waals surface area contributed by atoms with Gasteiger partial charge in [0, 0.05) is 19.6 Å². The molecule has 1 unspecified atom stereocenters. The molecule has 1 aromatic heterocycles. The van der Waals surface area contributed by atoms with E-state index in [2.05, 4.69) is 34.4 Å². The van der Waals surface area contributed by atoms with Gasteiger partial charge in [-0.25, -0.2) is 4.98 Å². The summed E-state index contributed by atoms with van der Waals surface area (Å²) >= 11 is 12.2. The lowest BCUT2D eigenvalue weighted by molar-refractivity contribution is 0.344. The van der Waals surface area contributed by atoms with Gasteiger partial charge >= 0.3 is 0 Å². The standard InChI is InChI=1S/C13H22Cl2N4/c1-8(2)11(7-19(4)5)17-13-10(15)6-9(14)12(16-3)18-13/h6,8,11H,7H2,1-5H3,(H2,16,17,18). The molecular formula is C13H22Cl2N4. The Kier molecular flexibility index (Phi) is 6.17. The molecule has 0 aromatic carbocycles. The van der Waals surface area contributed by atoms with Gasteiger partial charge in [-0.1, -0.05) is 37.0 Å². The van der Waals surface area contributed by atoms with Gasteiger partial charge in [-0.15, -0.1) is 0 Å². The zero-order chi connectivity index (χ0) is 14.6. The van der Waals surface area contributed by atoms with E-state index >= 15 is 0 Å². The Bertz CT molecular complexity index is 421. The van der Waals surface area contributed by atoms with E-state index in [1.54, 1.807) is 13.1 Å². The minimum absolute atomic E-state index is 0.269. The summed E-state index contributed by atoms with van der Waals surface area (Å²) in [5, 5.41) is 7.41. The summed E-state index contributed by atoms with van der Waals surface area (Å²) in [7, 11) is 5.88. The fourth-order valence-electron chi connectivity index (χ4n) is 1.74. The number of pyridine rings is 1. The third-order valence-corrected chi connectivity index (χ3v) is 3.43. The Labute approximate surface area is 125 Å². The van der Waals surface area contributed by atoms with Crippen LogP contribution in [0.4, 0.5) is 11.6 Å². The molecule has 0 spiro atoms. The number of anilines is 2. The number of rotatable bonds is 6. The topological polar surface area (TPSA) is 40.2 Å². The molecule has 0 bridgehead atoms. The van der Waals surface area contributed by atoms with E-state index in [-0.39, 0.29) is 6.04 Å². The predicted octanol–water partition coefficient (Wildman–Crippen LogP) is 3.43. The van der Waals surface area contributed by atoms with Crippen LogP contribution in [0.5, 0.6) is 0 Å². The molecule has 6 heteroatoms. The number of hydrogen-bond donors (Lipinski definition) is 2. The van der Waals surface area contributed by atoms with Crippen LogP contribution in [0.25, 0.3) is 0 Å². The van der Waals surface area contributed by atoms with Gasteiger partial charge < -0.3 is 15.5 Å². The molecule has 0 fully saturated rings. The van der Waals surface area contributed by atoms with Crippen molar-refractivity contribution in [2.75, 3.05) is 38.3 Å². The van der Waals surface area contributed by atoms with Crippen molar-refractivity contribution < 1.29 is 0 Å². The van der Waals surface area contributed by atoms with Gasteiger partial charge in [0.25, 0.3) is 0 Å². The number of likely N-dealkylation sites (N-methyl/N-ethyl adjacent to an activating group) is 1. The monoisotopic (exact) mass is 304 g/mol. The van der Waals surface area contributed by atoms with Gasteiger partial charge in [-0.2, -0.15) is 0 Å². The van der Waals surface area contributed by atoms with Crippen molar-refractivity contribution in [2.24, 2.45) is 5.92 Å². The first-order valence-corrected chi connectivity index (χ1v) is 7.05. The first-order valence-electron chi connectivity index (χ1n) is 6.30. The molecule has 0 aliphatic rings. The summed E-state index contributed by atoms with van der Waals surface area (Å²) in [6.45, 7) is 5.25. The zero-order valence-corrected chi connectivity index (χ0v) is 13.6. The number of aromatic nitrogens is 1. The van der Waals surface area contributed by atoms with Crippen molar-refractivity contribution in [2.45, 2.75) is 19.9 Å². The summed E-state index contributed by atoms with van der Waals surface area (Å²) < 4.78 is 0. The Morgan fingerprint density at radius 2 is 1.79 bits per heavy atom. The van der Waals surface area contributed by atoms with E-state index in [9.17, 15) is 0 Å². The van der Waals surface area contributed by atoms with E-state index in [4.69, 9.17) is 23.2 Å². The van der Waals surface area contributed by atoms with Crippen molar-refractivity contribution in [1.82, 2.24) is 9.88 Å². The SMILES string of the molecule is CNc1nc(NC(CN(C)C)C(C)C)c(Cl)cc1Cl. The highest BCUT2D eigenvalue weighted by Gasteiger charge is 2.17. The first kappa shape index (κ1) is 16.3. The lowest BCUT2D eigenvalue weighted by Crippen LogP contribution is -2.36. The minimum atomic E-state index is 0.269. The Morgan fingerprint density at radius 1 is 1.21 bits per heavy atom.